The number of hydrogen-bond donors (Lipinski definition) is 1. The van der Waals surface area contributed by atoms with Crippen molar-refractivity contribution >= 4 is 5.91 Å². The number of hydrogen-bond acceptors (Lipinski definition) is 3. The Hall–Kier alpha value is -0.610. The van der Waals surface area contributed by atoms with Crippen molar-refractivity contribution < 1.29 is 14.3 Å². The Kier molecular flexibility index (Phi) is 11.7. The average Bonchev–Trinajstić information content (AvgIpc) is 2.55. The van der Waals surface area contributed by atoms with E-state index in [0.29, 0.717) is 25.2 Å². The van der Waals surface area contributed by atoms with Crippen LogP contribution >= 0.6 is 0 Å². The van der Waals surface area contributed by atoms with Gasteiger partial charge in [-0.3, -0.25) is 4.79 Å². The Labute approximate surface area is 207 Å². The highest BCUT2D eigenvalue weighted by Crippen LogP contribution is 2.37. The van der Waals surface area contributed by atoms with E-state index in [1.54, 1.807) is 0 Å². The molecule has 4 heteroatoms. The monoisotopic (exact) mass is 469 g/mol. The fourth-order valence-corrected chi connectivity index (χ4v) is 5.44. The van der Waals surface area contributed by atoms with E-state index in [4.69, 9.17) is 9.47 Å². The zero-order valence-corrected chi connectivity index (χ0v) is 24.9. The topological polar surface area (TPSA) is 47.6 Å². The molecule has 0 fully saturated rings. The lowest BCUT2D eigenvalue weighted by atomic mass is 9.73. The van der Waals surface area contributed by atoms with Crippen LogP contribution in [0.15, 0.2) is 0 Å². The van der Waals surface area contributed by atoms with Crippen LogP contribution in [0.1, 0.15) is 123 Å². The molecule has 0 saturated heterocycles. The van der Waals surface area contributed by atoms with Gasteiger partial charge in [-0.25, -0.2) is 0 Å². The molecule has 4 nitrogen and oxygen atoms in total. The van der Waals surface area contributed by atoms with Crippen molar-refractivity contribution in [2.75, 3.05) is 26.4 Å². The van der Waals surface area contributed by atoms with Gasteiger partial charge in [-0.2, -0.15) is 0 Å². The summed E-state index contributed by atoms with van der Waals surface area (Å²) < 4.78 is 12.2. The van der Waals surface area contributed by atoms with Crippen molar-refractivity contribution in [2.45, 2.75) is 128 Å². The molecule has 0 aliphatic heterocycles. The summed E-state index contributed by atoms with van der Waals surface area (Å²) in [5, 5.41) is 3.22. The van der Waals surface area contributed by atoms with Gasteiger partial charge in [0.15, 0.2) is 0 Å². The molecule has 1 amide bonds. The fraction of sp³-hybridized carbons (Fsp3) is 0.966. The normalized spacial score (nSPS) is 14.5. The molecular formula is C29H59NO3. The highest BCUT2D eigenvalue weighted by molar-refractivity contribution is 5.81. The molecule has 0 radical (unpaired) electrons. The Morgan fingerprint density at radius 1 is 0.697 bits per heavy atom. The van der Waals surface area contributed by atoms with Gasteiger partial charge >= 0.3 is 0 Å². The first-order valence-corrected chi connectivity index (χ1v) is 13.0. The summed E-state index contributed by atoms with van der Waals surface area (Å²) in [4.78, 5) is 12.9. The molecule has 0 bridgehead atoms. The number of rotatable bonds is 15. The predicted molar refractivity (Wildman–Crippen MR) is 143 cm³/mol. The number of carbonyl (C=O) groups excluding carboxylic acids is 1. The molecule has 0 unspecified atom stereocenters. The second-order valence-corrected chi connectivity index (χ2v) is 15.2. The molecular weight excluding hydrogens is 410 g/mol. The van der Waals surface area contributed by atoms with Crippen molar-refractivity contribution in [1.29, 1.82) is 0 Å². The van der Waals surface area contributed by atoms with E-state index >= 15 is 0 Å². The lowest BCUT2D eigenvalue weighted by Crippen LogP contribution is -2.45. The summed E-state index contributed by atoms with van der Waals surface area (Å²) in [6.45, 7) is 33.4. The molecule has 0 spiro atoms. The van der Waals surface area contributed by atoms with E-state index in [-0.39, 0.29) is 33.2 Å². The molecule has 0 saturated carbocycles. The smallest absolute Gasteiger partial charge is 0.225 e. The van der Waals surface area contributed by atoms with Crippen LogP contribution < -0.4 is 5.32 Å². The van der Waals surface area contributed by atoms with Crippen LogP contribution in [0.25, 0.3) is 0 Å². The molecule has 33 heavy (non-hydrogen) atoms. The molecule has 0 heterocycles. The van der Waals surface area contributed by atoms with E-state index in [1.165, 1.54) is 0 Å². The standard InChI is InChI=1S/C29H59NO3/c1-15-25(5,6)19-28(11,12)23(31)30-21-26(7,8)20-29(13,14)33-17-16-32-22-27(9,10)18-24(2,3)4/h15-22H2,1-14H3,(H,30,31). The third kappa shape index (κ3) is 15.1. The van der Waals surface area contributed by atoms with Gasteiger partial charge < -0.3 is 14.8 Å². The van der Waals surface area contributed by atoms with Crippen LogP contribution in [0, 0.1) is 27.1 Å². The van der Waals surface area contributed by atoms with Gasteiger partial charge in [-0.1, -0.05) is 89.5 Å². The van der Waals surface area contributed by atoms with Crippen LogP contribution in [0.5, 0.6) is 0 Å². The van der Waals surface area contributed by atoms with Gasteiger partial charge in [0, 0.05) is 12.0 Å². The van der Waals surface area contributed by atoms with E-state index in [9.17, 15) is 4.79 Å². The minimum atomic E-state index is -0.375. The highest BCUT2D eigenvalue weighted by atomic mass is 16.5. The van der Waals surface area contributed by atoms with E-state index in [0.717, 1.165) is 32.3 Å². The lowest BCUT2D eigenvalue weighted by molar-refractivity contribution is -0.132. The van der Waals surface area contributed by atoms with Gasteiger partial charge in [-0.15, -0.1) is 0 Å². The highest BCUT2D eigenvalue weighted by Gasteiger charge is 2.36. The molecule has 0 aliphatic carbocycles. The SMILES string of the molecule is CCC(C)(C)CC(C)(C)C(=O)NCC(C)(C)CC(C)(C)OCCOCC(C)(C)CC(C)(C)C. The third-order valence-electron chi connectivity index (χ3n) is 6.35. The Bertz CT molecular complexity index is 594. The van der Waals surface area contributed by atoms with Crippen LogP contribution in [-0.4, -0.2) is 37.9 Å². The molecule has 0 rings (SSSR count). The minimum Gasteiger partial charge on any atom is -0.379 e. The van der Waals surface area contributed by atoms with Crippen molar-refractivity contribution in [2.24, 2.45) is 27.1 Å². The molecule has 0 aromatic heterocycles. The summed E-state index contributed by atoms with van der Waals surface area (Å²) in [7, 11) is 0. The van der Waals surface area contributed by atoms with E-state index < -0.39 is 0 Å². The first kappa shape index (κ1) is 32.4. The third-order valence-corrected chi connectivity index (χ3v) is 6.35. The molecule has 0 atom stereocenters. The minimum absolute atomic E-state index is 0.0644. The fourth-order valence-electron chi connectivity index (χ4n) is 5.44. The number of ether oxygens (including phenoxy) is 2. The van der Waals surface area contributed by atoms with Crippen LogP contribution in [0.2, 0.25) is 0 Å². The molecule has 1 N–H and O–H groups in total. The summed E-state index contributed by atoms with van der Waals surface area (Å²) in [5.41, 5.74) is -0.0961. The van der Waals surface area contributed by atoms with Crippen molar-refractivity contribution in [3.8, 4) is 0 Å². The van der Waals surface area contributed by atoms with Crippen molar-refractivity contribution in [3.63, 3.8) is 0 Å². The van der Waals surface area contributed by atoms with Gasteiger partial charge in [0.05, 0.1) is 25.4 Å². The molecule has 198 valence electrons. The number of nitrogens with one attached hydrogen (secondary N) is 1. The summed E-state index contributed by atoms with van der Waals surface area (Å²) in [5.74, 6) is 0.141. The summed E-state index contributed by atoms with van der Waals surface area (Å²) in [6.07, 6.45) is 3.93. The maximum absolute atomic E-state index is 12.9. The first-order chi connectivity index (χ1) is 14.5. The Balaban J connectivity index is 4.54. The Morgan fingerprint density at radius 3 is 1.73 bits per heavy atom. The number of amides is 1. The maximum atomic E-state index is 12.9. The first-order valence-electron chi connectivity index (χ1n) is 13.0. The van der Waals surface area contributed by atoms with E-state index in [1.807, 2.05) is 0 Å². The van der Waals surface area contributed by atoms with Crippen LogP contribution in [0.3, 0.4) is 0 Å². The average molecular weight is 470 g/mol. The molecule has 0 aromatic carbocycles. The molecule has 0 aromatic rings. The van der Waals surface area contributed by atoms with Crippen LogP contribution in [-0.2, 0) is 14.3 Å². The lowest BCUT2D eigenvalue weighted by Gasteiger charge is -2.37. The molecule has 0 aliphatic rings. The van der Waals surface area contributed by atoms with Gasteiger partial charge in [-0.05, 0) is 54.8 Å². The summed E-state index contributed by atoms with van der Waals surface area (Å²) in [6, 6.07) is 0. The van der Waals surface area contributed by atoms with Crippen molar-refractivity contribution in [3.05, 3.63) is 0 Å². The number of carbonyl (C=O) groups is 1. The van der Waals surface area contributed by atoms with Gasteiger partial charge in [0.1, 0.15) is 0 Å². The predicted octanol–water partition coefficient (Wildman–Crippen LogP) is 7.65. The summed E-state index contributed by atoms with van der Waals surface area (Å²) >= 11 is 0. The van der Waals surface area contributed by atoms with Crippen molar-refractivity contribution in [1.82, 2.24) is 5.32 Å². The van der Waals surface area contributed by atoms with Crippen LogP contribution in [0.4, 0.5) is 0 Å². The van der Waals surface area contributed by atoms with Gasteiger partial charge in [0.25, 0.3) is 0 Å². The second-order valence-electron chi connectivity index (χ2n) is 15.2. The maximum Gasteiger partial charge on any atom is 0.225 e. The zero-order valence-electron chi connectivity index (χ0n) is 24.9. The van der Waals surface area contributed by atoms with E-state index in [2.05, 4.69) is 102 Å². The Morgan fingerprint density at radius 2 is 1.24 bits per heavy atom. The zero-order chi connectivity index (χ0) is 26.4. The quantitative estimate of drug-likeness (QED) is 0.251. The van der Waals surface area contributed by atoms with Gasteiger partial charge in [0.2, 0.25) is 5.91 Å². The largest absolute Gasteiger partial charge is 0.379 e. The second kappa shape index (κ2) is 11.9.